The fraction of sp³-hybridized carbons (Fsp3) is 0.429. The number of oxime groups is 1. The van der Waals surface area contributed by atoms with Crippen molar-refractivity contribution in [2.24, 2.45) is 22.9 Å². The third-order valence-corrected chi connectivity index (χ3v) is 12.9. The minimum Gasteiger partial charge on any atom is -0.496 e. The summed E-state index contributed by atoms with van der Waals surface area (Å²) in [6.45, 7) is 10.6. The van der Waals surface area contributed by atoms with Gasteiger partial charge in [0.15, 0.2) is 6.29 Å². The van der Waals surface area contributed by atoms with E-state index in [-0.39, 0.29) is 48.7 Å². The molecule has 0 unspecified atom stereocenters. The predicted octanol–water partition coefficient (Wildman–Crippen LogP) is 10.7. The molecule has 0 saturated heterocycles. The number of hydrogen-bond donors (Lipinski definition) is 2. The fourth-order valence-electron chi connectivity index (χ4n) is 9.09. The van der Waals surface area contributed by atoms with E-state index in [1.54, 1.807) is 36.0 Å². The molecule has 7 rings (SSSR count). The molecule has 1 aliphatic heterocycles. The Morgan fingerprint density at radius 2 is 1.68 bits per heavy atom. The van der Waals surface area contributed by atoms with E-state index >= 15 is 0 Å². The van der Waals surface area contributed by atoms with Crippen LogP contribution in [0.15, 0.2) is 113 Å². The lowest BCUT2D eigenvalue weighted by Gasteiger charge is -2.58. The summed E-state index contributed by atoms with van der Waals surface area (Å²) in [7, 11) is 1.54. The topological polar surface area (TPSA) is 116 Å². The molecule has 0 amide bonds. The zero-order valence-corrected chi connectivity index (χ0v) is 35.4. The van der Waals surface area contributed by atoms with Crippen LogP contribution in [0.5, 0.6) is 23.0 Å². The average Bonchev–Trinajstić information content (AvgIpc) is 3.23. The number of benzene rings is 4. The molecule has 0 radical (unpaired) electrons. The lowest BCUT2D eigenvalue weighted by molar-refractivity contribution is -0.223. The SMILES string of the molecule is C=CCO[C@@]12Oc3ccc(Oc4ccc(OC)c(C=O)c4)cc3[C@H]3[C@H](CCCCO)[C@@H](CCCCO)C=C(C(=NOC(C)(C)C)C[C@@H]1Sc1ccc4ccccc4c1)[C@H]32. The van der Waals surface area contributed by atoms with E-state index < -0.39 is 11.4 Å². The van der Waals surface area contributed by atoms with Crippen molar-refractivity contribution in [1.82, 2.24) is 0 Å². The van der Waals surface area contributed by atoms with Crippen LogP contribution < -0.4 is 14.2 Å². The van der Waals surface area contributed by atoms with E-state index in [1.807, 2.05) is 32.9 Å². The van der Waals surface area contributed by atoms with Crippen molar-refractivity contribution in [1.29, 1.82) is 0 Å². The lowest BCUT2D eigenvalue weighted by Crippen LogP contribution is -2.64. The van der Waals surface area contributed by atoms with E-state index in [9.17, 15) is 15.0 Å². The first-order chi connectivity index (χ1) is 28.6. The summed E-state index contributed by atoms with van der Waals surface area (Å²) >= 11 is 1.74. The van der Waals surface area contributed by atoms with Crippen LogP contribution in [0.25, 0.3) is 10.8 Å². The molecule has 4 aromatic rings. The number of ether oxygens (including phenoxy) is 4. The molecular formula is C49H57NO8S. The number of fused-ring (bicyclic) bond motifs is 3. The third-order valence-electron chi connectivity index (χ3n) is 11.6. The van der Waals surface area contributed by atoms with Crippen LogP contribution in [-0.2, 0) is 9.57 Å². The minimum atomic E-state index is -1.13. The van der Waals surface area contributed by atoms with Crippen molar-refractivity contribution in [2.45, 2.75) is 93.2 Å². The van der Waals surface area contributed by atoms with E-state index in [2.05, 4.69) is 61.2 Å². The van der Waals surface area contributed by atoms with Gasteiger partial charge in [-0.05, 0) is 123 Å². The molecule has 59 heavy (non-hydrogen) atoms. The molecule has 2 N–H and O–H groups in total. The summed E-state index contributed by atoms with van der Waals surface area (Å²) in [5.41, 5.74) is 2.83. The second-order valence-electron chi connectivity index (χ2n) is 16.7. The Kier molecular flexibility index (Phi) is 13.5. The highest BCUT2D eigenvalue weighted by atomic mass is 32.2. The molecule has 1 saturated carbocycles. The smallest absolute Gasteiger partial charge is 0.231 e. The normalized spacial score (nSPS) is 24.1. The zero-order chi connectivity index (χ0) is 41.6. The fourth-order valence-corrected chi connectivity index (χ4v) is 10.4. The summed E-state index contributed by atoms with van der Waals surface area (Å²) in [6.07, 6.45) is 10.4. The minimum absolute atomic E-state index is 0.105. The monoisotopic (exact) mass is 819 g/mol. The van der Waals surface area contributed by atoms with Gasteiger partial charge in [0, 0.05) is 36.0 Å². The van der Waals surface area contributed by atoms with E-state index in [0.29, 0.717) is 42.1 Å². The number of thioether (sulfide) groups is 1. The Labute approximate surface area is 352 Å². The molecule has 10 heteroatoms. The first-order valence-corrected chi connectivity index (χ1v) is 21.7. The molecule has 312 valence electrons. The van der Waals surface area contributed by atoms with Crippen molar-refractivity contribution in [3.05, 3.63) is 114 Å². The number of unbranched alkanes of at least 4 members (excludes halogenated alkanes) is 2. The Morgan fingerprint density at radius 1 is 0.932 bits per heavy atom. The lowest BCUT2D eigenvalue weighted by atomic mass is 9.56. The predicted molar refractivity (Wildman–Crippen MR) is 234 cm³/mol. The maximum absolute atomic E-state index is 11.9. The molecule has 9 nitrogen and oxygen atoms in total. The third kappa shape index (κ3) is 9.26. The van der Waals surface area contributed by atoms with Gasteiger partial charge in [0.2, 0.25) is 5.79 Å². The summed E-state index contributed by atoms with van der Waals surface area (Å²) in [5.74, 6) is 1.07. The van der Waals surface area contributed by atoms with Crippen LogP contribution in [-0.4, -0.2) is 65.8 Å². The first-order valence-electron chi connectivity index (χ1n) is 20.8. The molecule has 0 spiro atoms. The quantitative estimate of drug-likeness (QED) is 0.0438. The van der Waals surface area contributed by atoms with E-state index in [4.69, 9.17) is 28.9 Å². The maximum Gasteiger partial charge on any atom is 0.231 e. The summed E-state index contributed by atoms with van der Waals surface area (Å²) in [4.78, 5) is 19.3. The highest BCUT2D eigenvalue weighted by Crippen LogP contribution is 2.63. The number of nitrogens with zero attached hydrogens (tertiary/aromatic N) is 1. The number of carbonyl (C=O) groups is 1. The molecule has 2 aliphatic carbocycles. The number of aldehydes is 1. The molecule has 0 aromatic heterocycles. The number of aliphatic hydroxyl groups excluding tert-OH is 2. The molecular weight excluding hydrogens is 763 g/mol. The van der Waals surface area contributed by atoms with Crippen LogP contribution in [0.1, 0.15) is 87.6 Å². The van der Waals surface area contributed by atoms with E-state index in [1.165, 1.54) is 12.5 Å². The standard InChI is InChI=1S/C49H57NO8S/c1-6-25-55-49-45(59-38-20-17-32-13-7-8-14-33(32)27-38)30-42(50-58-48(2,3)4)40-28-34(15-9-11-23-51)39(16-10-12-24-52)46(47(40)49)41-29-37(19-22-44(41)57-49)56-36-18-21-43(54-5)35(26-36)31-53/h6-8,13-14,17-22,26-29,31,34,39,45-47,51-52H,1,9-12,15-16,23-25,30H2,2-5H3/t34-,39+,45-,46+,47+,49+/m0/s1. The number of rotatable bonds is 18. The summed E-state index contributed by atoms with van der Waals surface area (Å²) in [5, 5.41) is 26.9. The van der Waals surface area contributed by atoms with Gasteiger partial charge in [-0.25, -0.2) is 0 Å². The molecule has 3 aliphatic rings. The van der Waals surface area contributed by atoms with Gasteiger partial charge in [-0.15, -0.1) is 18.3 Å². The van der Waals surface area contributed by atoms with Gasteiger partial charge in [-0.3, -0.25) is 4.79 Å². The average molecular weight is 820 g/mol. The number of allylic oxidation sites excluding steroid dienone is 1. The van der Waals surface area contributed by atoms with Crippen LogP contribution in [0.4, 0.5) is 0 Å². The molecule has 0 bridgehead atoms. The zero-order valence-electron chi connectivity index (χ0n) is 34.6. The highest BCUT2D eigenvalue weighted by Gasteiger charge is 2.64. The second-order valence-corrected chi connectivity index (χ2v) is 18.0. The van der Waals surface area contributed by atoms with Gasteiger partial charge in [0.25, 0.3) is 0 Å². The van der Waals surface area contributed by atoms with Gasteiger partial charge in [0.05, 0.1) is 36.2 Å². The summed E-state index contributed by atoms with van der Waals surface area (Å²) in [6, 6.07) is 26.1. The van der Waals surface area contributed by atoms with E-state index in [0.717, 1.165) is 64.8 Å². The van der Waals surface area contributed by atoms with Gasteiger partial charge in [-0.2, -0.15) is 0 Å². The van der Waals surface area contributed by atoms with Gasteiger partial charge >= 0.3 is 0 Å². The Morgan fingerprint density at radius 3 is 2.41 bits per heavy atom. The Hall–Kier alpha value is -4.61. The van der Waals surface area contributed by atoms with Crippen molar-refractivity contribution in [2.75, 3.05) is 26.9 Å². The van der Waals surface area contributed by atoms with Gasteiger partial charge in [0.1, 0.15) is 28.6 Å². The van der Waals surface area contributed by atoms with Crippen molar-refractivity contribution >= 4 is 34.5 Å². The number of hydrogen-bond acceptors (Lipinski definition) is 10. The van der Waals surface area contributed by atoms with Crippen molar-refractivity contribution in [3.63, 3.8) is 0 Å². The van der Waals surface area contributed by atoms with Crippen LogP contribution in [0, 0.1) is 17.8 Å². The van der Waals surface area contributed by atoms with Crippen LogP contribution in [0.3, 0.4) is 0 Å². The number of aliphatic hydroxyl groups is 2. The van der Waals surface area contributed by atoms with Crippen LogP contribution >= 0.6 is 11.8 Å². The molecule has 1 heterocycles. The van der Waals surface area contributed by atoms with Gasteiger partial charge < -0.3 is 34.0 Å². The first kappa shape index (κ1) is 42.5. The summed E-state index contributed by atoms with van der Waals surface area (Å²) < 4.78 is 26.4. The Balaban J connectivity index is 1.42. The highest BCUT2D eigenvalue weighted by molar-refractivity contribution is 8.00. The van der Waals surface area contributed by atoms with Crippen LogP contribution in [0.2, 0.25) is 0 Å². The molecule has 6 atom stereocenters. The number of carbonyl (C=O) groups excluding carboxylic acids is 1. The molecule has 1 fully saturated rings. The second kappa shape index (κ2) is 18.8. The van der Waals surface area contributed by atoms with Crippen molar-refractivity contribution in [3.8, 4) is 23.0 Å². The maximum atomic E-state index is 11.9. The van der Waals surface area contributed by atoms with Crippen molar-refractivity contribution < 1.29 is 38.8 Å². The number of methoxy groups -OCH3 is 1. The van der Waals surface area contributed by atoms with Gasteiger partial charge in [-0.1, -0.05) is 60.5 Å². The largest absolute Gasteiger partial charge is 0.496 e. The molecule has 4 aromatic carbocycles. The Bertz CT molecular complexity index is 2180.